The number of rotatable bonds is 5. The number of anilines is 3. The van der Waals surface area contributed by atoms with E-state index >= 15 is 0 Å². The van der Waals surface area contributed by atoms with Crippen molar-refractivity contribution in [2.75, 3.05) is 10.7 Å². The highest BCUT2D eigenvalue weighted by Gasteiger charge is 2.07. The lowest BCUT2D eigenvalue weighted by molar-refractivity contribution is 0.631. The second-order valence-electron chi connectivity index (χ2n) is 4.56. The van der Waals surface area contributed by atoms with E-state index in [9.17, 15) is 4.39 Å². The Labute approximate surface area is 117 Å². The maximum Gasteiger partial charge on any atom is 0.146 e. The molecule has 6 heteroatoms. The number of hydrazine groups is 1. The first-order chi connectivity index (χ1) is 9.62. The van der Waals surface area contributed by atoms with Crippen molar-refractivity contribution in [3.63, 3.8) is 0 Å². The van der Waals surface area contributed by atoms with Gasteiger partial charge in [0.05, 0.1) is 5.69 Å². The summed E-state index contributed by atoms with van der Waals surface area (Å²) in [5.74, 6) is 6.74. The third-order valence-corrected chi connectivity index (χ3v) is 2.78. The van der Waals surface area contributed by atoms with Crippen LogP contribution in [-0.2, 0) is 6.42 Å². The predicted molar refractivity (Wildman–Crippen MR) is 78.3 cm³/mol. The zero-order valence-electron chi connectivity index (χ0n) is 11.6. The number of nitrogen functional groups attached to an aromatic ring is 1. The van der Waals surface area contributed by atoms with Crippen LogP contribution in [0.25, 0.3) is 0 Å². The van der Waals surface area contributed by atoms with Crippen LogP contribution < -0.4 is 16.6 Å². The van der Waals surface area contributed by atoms with Crippen LogP contribution in [-0.4, -0.2) is 9.97 Å². The monoisotopic (exact) mass is 275 g/mol. The van der Waals surface area contributed by atoms with Crippen molar-refractivity contribution in [3.8, 4) is 0 Å². The van der Waals surface area contributed by atoms with Gasteiger partial charge in [0.15, 0.2) is 0 Å². The Hall–Kier alpha value is -2.21. The summed E-state index contributed by atoms with van der Waals surface area (Å²) in [6.45, 7) is 3.94. The summed E-state index contributed by atoms with van der Waals surface area (Å²) in [5.41, 5.74) is 3.84. The molecule has 0 saturated heterocycles. The molecule has 106 valence electrons. The molecule has 20 heavy (non-hydrogen) atoms. The lowest BCUT2D eigenvalue weighted by Gasteiger charge is -2.10. The van der Waals surface area contributed by atoms with E-state index in [1.807, 2.05) is 13.8 Å². The molecule has 2 aromatic rings. The lowest BCUT2D eigenvalue weighted by Crippen LogP contribution is -2.11. The third-order valence-electron chi connectivity index (χ3n) is 2.78. The number of nitrogens with two attached hydrogens (primary N) is 1. The molecule has 0 aliphatic heterocycles. The van der Waals surface area contributed by atoms with E-state index in [0.717, 1.165) is 18.4 Å². The van der Waals surface area contributed by atoms with Crippen LogP contribution in [0.3, 0.4) is 0 Å². The van der Waals surface area contributed by atoms with Crippen LogP contribution >= 0.6 is 0 Å². The Morgan fingerprint density at radius 3 is 2.65 bits per heavy atom. The summed E-state index contributed by atoms with van der Waals surface area (Å²) >= 11 is 0. The fraction of sp³-hybridized carbons (Fsp3) is 0.286. The van der Waals surface area contributed by atoms with Crippen molar-refractivity contribution in [1.82, 2.24) is 9.97 Å². The largest absolute Gasteiger partial charge is 0.338 e. The standard InChI is InChI=1S/C14H18FN5/c1-3-4-12-18-13(8-14(19-12)20-16)17-11-7-9(2)5-6-10(11)15/h5-8H,3-4,16H2,1-2H3,(H2,17,18,19,20). The molecule has 0 aliphatic rings. The van der Waals surface area contributed by atoms with Crippen molar-refractivity contribution >= 4 is 17.3 Å². The summed E-state index contributed by atoms with van der Waals surface area (Å²) in [7, 11) is 0. The fourth-order valence-electron chi connectivity index (χ4n) is 1.84. The topological polar surface area (TPSA) is 75.9 Å². The van der Waals surface area contributed by atoms with E-state index in [4.69, 9.17) is 5.84 Å². The van der Waals surface area contributed by atoms with Gasteiger partial charge in [-0.2, -0.15) is 0 Å². The normalized spacial score (nSPS) is 10.4. The summed E-state index contributed by atoms with van der Waals surface area (Å²) in [5, 5.41) is 2.96. The molecule has 1 aromatic carbocycles. The summed E-state index contributed by atoms with van der Waals surface area (Å²) in [6, 6.07) is 6.51. The van der Waals surface area contributed by atoms with Crippen LogP contribution in [0.5, 0.6) is 0 Å². The molecule has 0 atom stereocenters. The van der Waals surface area contributed by atoms with Crippen molar-refractivity contribution < 1.29 is 4.39 Å². The third kappa shape index (κ3) is 3.42. The molecule has 0 bridgehead atoms. The first-order valence-electron chi connectivity index (χ1n) is 6.50. The maximum absolute atomic E-state index is 13.7. The highest BCUT2D eigenvalue weighted by Crippen LogP contribution is 2.21. The molecule has 0 saturated carbocycles. The van der Waals surface area contributed by atoms with Gasteiger partial charge in [-0.3, -0.25) is 0 Å². The molecular formula is C14H18FN5. The number of hydrogen-bond acceptors (Lipinski definition) is 5. The Kier molecular flexibility index (Phi) is 4.47. The first kappa shape index (κ1) is 14.2. The molecule has 0 fully saturated rings. The summed E-state index contributed by atoms with van der Waals surface area (Å²) in [6.07, 6.45) is 1.66. The number of aryl methyl sites for hydroxylation is 2. The zero-order valence-corrected chi connectivity index (χ0v) is 11.6. The van der Waals surface area contributed by atoms with E-state index in [2.05, 4.69) is 20.7 Å². The van der Waals surface area contributed by atoms with Crippen molar-refractivity contribution in [2.24, 2.45) is 5.84 Å². The lowest BCUT2D eigenvalue weighted by atomic mass is 10.2. The van der Waals surface area contributed by atoms with Crippen LogP contribution in [0, 0.1) is 12.7 Å². The second-order valence-corrected chi connectivity index (χ2v) is 4.56. The Balaban J connectivity index is 2.32. The Morgan fingerprint density at radius 1 is 1.20 bits per heavy atom. The van der Waals surface area contributed by atoms with Gasteiger partial charge in [-0.25, -0.2) is 20.2 Å². The van der Waals surface area contributed by atoms with Gasteiger partial charge in [0.25, 0.3) is 0 Å². The van der Waals surface area contributed by atoms with Crippen LogP contribution in [0.4, 0.5) is 21.7 Å². The maximum atomic E-state index is 13.7. The number of aromatic nitrogens is 2. The van der Waals surface area contributed by atoms with Gasteiger partial charge in [-0.15, -0.1) is 0 Å². The van der Waals surface area contributed by atoms with Gasteiger partial charge in [0.2, 0.25) is 0 Å². The minimum atomic E-state index is -0.325. The second kappa shape index (κ2) is 6.29. The molecular weight excluding hydrogens is 257 g/mol. The van der Waals surface area contributed by atoms with E-state index in [1.165, 1.54) is 6.07 Å². The van der Waals surface area contributed by atoms with Crippen LogP contribution in [0.15, 0.2) is 24.3 Å². The number of hydrogen-bond donors (Lipinski definition) is 3. The molecule has 0 radical (unpaired) electrons. The molecule has 2 rings (SSSR count). The van der Waals surface area contributed by atoms with E-state index < -0.39 is 0 Å². The Morgan fingerprint density at radius 2 is 1.95 bits per heavy atom. The molecule has 1 heterocycles. The number of nitrogens with one attached hydrogen (secondary N) is 2. The molecule has 5 nitrogen and oxygen atoms in total. The molecule has 1 aromatic heterocycles. The quantitative estimate of drug-likeness (QED) is 0.578. The molecule has 0 amide bonds. The Bertz CT molecular complexity index is 600. The highest BCUT2D eigenvalue weighted by molar-refractivity contribution is 5.60. The average molecular weight is 275 g/mol. The molecule has 0 spiro atoms. The minimum Gasteiger partial charge on any atom is -0.338 e. The molecule has 0 unspecified atom stereocenters. The zero-order chi connectivity index (χ0) is 14.5. The van der Waals surface area contributed by atoms with Gasteiger partial charge in [-0.1, -0.05) is 13.0 Å². The van der Waals surface area contributed by atoms with Gasteiger partial charge < -0.3 is 10.7 Å². The van der Waals surface area contributed by atoms with E-state index in [-0.39, 0.29) is 5.82 Å². The van der Waals surface area contributed by atoms with Gasteiger partial charge in [0, 0.05) is 12.5 Å². The number of halogens is 1. The number of benzene rings is 1. The smallest absolute Gasteiger partial charge is 0.146 e. The summed E-state index contributed by atoms with van der Waals surface area (Å²) in [4.78, 5) is 8.59. The predicted octanol–water partition coefficient (Wildman–Crippen LogP) is 2.91. The fourth-order valence-corrected chi connectivity index (χ4v) is 1.84. The van der Waals surface area contributed by atoms with E-state index in [0.29, 0.717) is 23.1 Å². The van der Waals surface area contributed by atoms with Gasteiger partial charge in [0.1, 0.15) is 23.3 Å². The van der Waals surface area contributed by atoms with Crippen molar-refractivity contribution in [1.29, 1.82) is 0 Å². The van der Waals surface area contributed by atoms with Gasteiger partial charge >= 0.3 is 0 Å². The number of nitrogens with zero attached hydrogens (tertiary/aromatic N) is 2. The van der Waals surface area contributed by atoms with Crippen molar-refractivity contribution in [3.05, 3.63) is 41.5 Å². The van der Waals surface area contributed by atoms with Gasteiger partial charge in [-0.05, 0) is 31.0 Å². The van der Waals surface area contributed by atoms with Crippen LogP contribution in [0.2, 0.25) is 0 Å². The summed E-state index contributed by atoms with van der Waals surface area (Å²) < 4.78 is 13.7. The SMILES string of the molecule is CCCc1nc(NN)cc(Nc2cc(C)ccc2F)n1. The first-order valence-corrected chi connectivity index (χ1v) is 6.50. The van der Waals surface area contributed by atoms with E-state index in [1.54, 1.807) is 18.2 Å². The van der Waals surface area contributed by atoms with Crippen LogP contribution in [0.1, 0.15) is 24.7 Å². The average Bonchev–Trinajstić information content (AvgIpc) is 2.43. The highest BCUT2D eigenvalue weighted by atomic mass is 19.1. The minimum absolute atomic E-state index is 0.325. The van der Waals surface area contributed by atoms with Crippen molar-refractivity contribution in [2.45, 2.75) is 26.7 Å². The molecule has 4 N–H and O–H groups in total. The molecule has 0 aliphatic carbocycles.